The van der Waals surface area contributed by atoms with E-state index < -0.39 is 0 Å². The molecular weight excluding hydrogens is 190 g/mol. The number of benzene rings is 1. The first kappa shape index (κ1) is 10.5. The van der Waals surface area contributed by atoms with E-state index in [1.54, 1.807) is 12.1 Å². The smallest absolute Gasteiger partial charge is 0.115 e. The minimum Gasteiger partial charge on any atom is -0.508 e. The normalized spacial score (nSPS) is 25.7. The Bertz CT molecular complexity index is 327. The molecule has 0 aliphatic carbocycles. The lowest BCUT2D eigenvalue weighted by Crippen LogP contribution is -2.34. The zero-order chi connectivity index (χ0) is 10.7. The van der Waals surface area contributed by atoms with Crippen molar-refractivity contribution in [2.75, 3.05) is 6.61 Å². The van der Waals surface area contributed by atoms with Gasteiger partial charge in [0.1, 0.15) is 5.75 Å². The average Bonchev–Trinajstić information content (AvgIpc) is 2.61. The summed E-state index contributed by atoms with van der Waals surface area (Å²) in [6.45, 7) is 3.72. The van der Waals surface area contributed by atoms with Crippen LogP contribution < -0.4 is 5.32 Å². The quantitative estimate of drug-likeness (QED) is 0.792. The molecule has 1 aromatic carbocycles. The lowest BCUT2D eigenvalue weighted by Gasteiger charge is -2.15. The lowest BCUT2D eigenvalue weighted by atomic mass is 10.1. The van der Waals surface area contributed by atoms with Crippen molar-refractivity contribution in [3.8, 4) is 5.75 Å². The first-order chi connectivity index (χ1) is 7.25. The number of rotatable bonds is 3. The van der Waals surface area contributed by atoms with Crippen LogP contribution in [0.1, 0.15) is 18.9 Å². The predicted octanol–water partition coefficient (Wildman–Crippen LogP) is 1.66. The van der Waals surface area contributed by atoms with Crippen LogP contribution >= 0.6 is 0 Å². The molecule has 0 bridgehead atoms. The maximum absolute atomic E-state index is 9.30. The van der Waals surface area contributed by atoms with Crippen LogP contribution in [0.3, 0.4) is 0 Å². The third kappa shape index (κ3) is 2.70. The summed E-state index contributed by atoms with van der Waals surface area (Å²) in [5, 5.41) is 12.7. The summed E-state index contributed by atoms with van der Waals surface area (Å²) in [4.78, 5) is 0. The van der Waals surface area contributed by atoms with Crippen LogP contribution in [0.2, 0.25) is 0 Å². The lowest BCUT2D eigenvalue weighted by molar-refractivity contribution is 0.113. The predicted molar refractivity (Wildman–Crippen MR) is 58.8 cm³/mol. The SMILES string of the molecule is CC1OCCC1NCc1cccc(O)c1. The molecule has 3 nitrogen and oxygen atoms in total. The molecule has 15 heavy (non-hydrogen) atoms. The van der Waals surface area contributed by atoms with Crippen molar-refractivity contribution in [2.24, 2.45) is 0 Å². The van der Waals surface area contributed by atoms with E-state index in [0.29, 0.717) is 17.9 Å². The molecule has 0 spiro atoms. The Kier molecular flexibility index (Phi) is 3.23. The highest BCUT2D eigenvalue weighted by atomic mass is 16.5. The Balaban J connectivity index is 1.87. The molecule has 0 aromatic heterocycles. The van der Waals surface area contributed by atoms with E-state index in [1.165, 1.54) is 0 Å². The second-order valence-corrected chi connectivity index (χ2v) is 4.02. The summed E-state index contributed by atoms with van der Waals surface area (Å²) in [6, 6.07) is 7.78. The Hall–Kier alpha value is -1.06. The van der Waals surface area contributed by atoms with E-state index in [0.717, 1.165) is 25.1 Å². The molecule has 0 saturated carbocycles. The Morgan fingerprint density at radius 1 is 1.53 bits per heavy atom. The van der Waals surface area contributed by atoms with Crippen LogP contribution in [0.25, 0.3) is 0 Å². The number of hydrogen-bond donors (Lipinski definition) is 2. The van der Waals surface area contributed by atoms with Crippen molar-refractivity contribution in [1.82, 2.24) is 5.32 Å². The molecule has 2 rings (SSSR count). The third-order valence-corrected chi connectivity index (χ3v) is 2.86. The number of nitrogens with one attached hydrogen (secondary N) is 1. The summed E-state index contributed by atoms with van der Waals surface area (Å²) in [5.74, 6) is 0.324. The Labute approximate surface area is 90.1 Å². The zero-order valence-electron chi connectivity index (χ0n) is 8.94. The first-order valence-electron chi connectivity index (χ1n) is 5.38. The van der Waals surface area contributed by atoms with Gasteiger partial charge >= 0.3 is 0 Å². The highest BCUT2D eigenvalue weighted by molar-refractivity contribution is 5.26. The van der Waals surface area contributed by atoms with Crippen molar-refractivity contribution in [3.63, 3.8) is 0 Å². The molecule has 1 saturated heterocycles. The van der Waals surface area contributed by atoms with Crippen LogP contribution in [-0.4, -0.2) is 23.9 Å². The molecule has 2 unspecified atom stereocenters. The van der Waals surface area contributed by atoms with Crippen LogP contribution in [0.4, 0.5) is 0 Å². The van der Waals surface area contributed by atoms with Gasteiger partial charge in [0.25, 0.3) is 0 Å². The first-order valence-corrected chi connectivity index (χ1v) is 5.38. The monoisotopic (exact) mass is 207 g/mol. The van der Waals surface area contributed by atoms with Crippen LogP contribution in [-0.2, 0) is 11.3 Å². The standard InChI is InChI=1S/C12H17NO2/c1-9-12(5-6-15-9)13-8-10-3-2-4-11(14)7-10/h2-4,7,9,12-14H,5-6,8H2,1H3. The fourth-order valence-electron chi connectivity index (χ4n) is 1.92. The fraction of sp³-hybridized carbons (Fsp3) is 0.500. The number of ether oxygens (including phenoxy) is 1. The van der Waals surface area contributed by atoms with Gasteiger partial charge in [0.15, 0.2) is 0 Å². The van der Waals surface area contributed by atoms with Gasteiger partial charge in [0, 0.05) is 19.2 Å². The van der Waals surface area contributed by atoms with Crippen LogP contribution in [0.5, 0.6) is 5.75 Å². The number of phenols is 1. The second-order valence-electron chi connectivity index (χ2n) is 4.02. The van der Waals surface area contributed by atoms with Crippen molar-refractivity contribution < 1.29 is 9.84 Å². The van der Waals surface area contributed by atoms with Crippen molar-refractivity contribution in [3.05, 3.63) is 29.8 Å². The summed E-state index contributed by atoms with van der Waals surface area (Å²) < 4.78 is 5.47. The molecule has 0 amide bonds. The maximum atomic E-state index is 9.30. The molecule has 82 valence electrons. The van der Waals surface area contributed by atoms with Gasteiger partial charge in [0.05, 0.1) is 6.10 Å². The summed E-state index contributed by atoms with van der Waals surface area (Å²) in [7, 11) is 0. The van der Waals surface area contributed by atoms with E-state index in [1.807, 2.05) is 12.1 Å². The van der Waals surface area contributed by atoms with E-state index in [-0.39, 0.29) is 0 Å². The van der Waals surface area contributed by atoms with Gasteiger partial charge < -0.3 is 15.2 Å². The van der Waals surface area contributed by atoms with Gasteiger partial charge in [-0.15, -0.1) is 0 Å². The van der Waals surface area contributed by atoms with Crippen molar-refractivity contribution in [2.45, 2.75) is 32.0 Å². The van der Waals surface area contributed by atoms with Crippen molar-refractivity contribution in [1.29, 1.82) is 0 Å². The van der Waals surface area contributed by atoms with Gasteiger partial charge in [-0.2, -0.15) is 0 Å². The minimum absolute atomic E-state index is 0.294. The second kappa shape index (κ2) is 4.64. The van der Waals surface area contributed by atoms with Gasteiger partial charge in [-0.3, -0.25) is 0 Å². The molecule has 2 atom stereocenters. The van der Waals surface area contributed by atoms with E-state index in [9.17, 15) is 5.11 Å². The zero-order valence-corrected chi connectivity index (χ0v) is 8.94. The topological polar surface area (TPSA) is 41.5 Å². The van der Waals surface area contributed by atoms with Crippen molar-refractivity contribution >= 4 is 0 Å². The number of aromatic hydroxyl groups is 1. The van der Waals surface area contributed by atoms with E-state index >= 15 is 0 Å². The largest absolute Gasteiger partial charge is 0.508 e. The molecule has 1 heterocycles. The maximum Gasteiger partial charge on any atom is 0.115 e. The summed E-state index contributed by atoms with van der Waals surface area (Å²) in [6.07, 6.45) is 1.36. The summed E-state index contributed by atoms with van der Waals surface area (Å²) >= 11 is 0. The average molecular weight is 207 g/mol. The fourth-order valence-corrected chi connectivity index (χ4v) is 1.92. The number of phenolic OH excluding ortho intramolecular Hbond substituents is 1. The Morgan fingerprint density at radius 3 is 3.07 bits per heavy atom. The van der Waals surface area contributed by atoms with Crippen LogP contribution in [0.15, 0.2) is 24.3 Å². The third-order valence-electron chi connectivity index (χ3n) is 2.86. The molecule has 2 N–H and O–H groups in total. The molecule has 1 aliphatic rings. The molecule has 1 aromatic rings. The van der Waals surface area contributed by atoms with E-state index in [4.69, 9.17) is 4.74 Å². The highest BCUT2D eigenvalue weighted by Gasteiger charge is 2.23. The summed E-state index contributed by atoms with van der Waals surface area (Å²) in [5.41, 5.74) is 1.11. The molecule has 1 aliphatic heterocycles. The molecule has 1 fully saturated rings. The molecular formula is C12H17NO2. The van der Waals surface area contributed by atoms with Gasteiger partial charge in [0.2, 0.25) is 0 Å². The van der Waals surface area contributed by atoms with Crippen LogP contribution in [0, 0.1) is 0 Å². The molecule has 3 heteroatoms. The highest BCUT2D eigenvalue weighted by Crippen LogP contribution is 2.15. The van der Waals surface area contributed by atoms with Gasteiger partial charge in [-0.05, 0) is 31.0 Å². The van der Waals surface area contributed by atoms with Gasteiger partial charge in [-0.25, -0.2) is 0 Å². The minimum atomic E-state index is 0.294. The van der Waals surface area contributed by atoms with Gasteiger partial charge in [-0.1, -0.05) is 12.1 Å². The molecule has 0 radical (unpaired) electrons. The van der Waals surface area contributed by atoms with E-state index in [2.05, 4.69) is 12.2 Å². The Morgan fingerprint density at radius 2 is 2.40 bits per heavy atom. The number of hydrogen-bond acceptors (Lipinski definition) is 3.